The Balaban J connectivity index is 1.59. The molecule has 0 aliphatic carbocycles. The van der Waals surface area contributed by atoms with Crippen molar-refractivity contribution in [1.29, 1.82) is 0 Å². The van der Waals surface area contributed by atoms with Crippen LogP contribution >= 0.6 is 0 Å². The Morgan fingerprint density at radius 1 is 1.41 bits per heavy atom. The number of amides is 1. The van der Waals surface area contributed by atoms with Crippen LogP contribution < -0.4 is 5.32 Å². The summed E-state index contributed by atoms with van der Waals surface area (Å²) in [6, 6.07) is 2.04. The van der Waals surface area contributed by atoms with Crippen molar-refractivity contribution in [2.24, 2.45) is 0 Å². The molecular formula is C20H21N5O2. The highest BCUT2D eigenvalue weighted by atomic mass is 16.3. The molecule has 0 unspecified atom stereocenters. The van der Waals surface area contributed by atoms with Crippen molar-refractivity contribution in [1.82, 2.24) is 19.9 Å². The fraction of sp³-hybridized carbons (Fsp3) is 0.250. The Bertz CT molecular complexity index is 974. The van der Waals surface area contributed by atoms with Gasteiger partial charge in [-0.3, -0.25) is 4.79 Å². The zero-order valence-corrected chi connectivity index (χ0v) is 14.9. The maximum absolute atomic E-state index is 11.9. The molecule has 7 nitrogen and oxygen atoms in total. The number of carbonyl (C=O) groups excluding carboxylic acids is 1. The van der Waals surface area contributed by atoms with Crippen molar-refractivity contribution in [2.45, 2.75) is 18.9 Å². The van der Waals surface area contributed by atoms with Crippen molar-refractivity contribution >= 4 is 34.9 Å². The number of hydrogen-bond donors (Lipinski definition) is 2. The lowest BCUT2D eigenvalue weighted by Crippen LogP contribution is -2.44. The fourth-order valence-electron chi connectivity index (χ4n) is 3.40. The standard InChI is InChI=1S/C20H21N5O2/c1-2-17(26)25-8-3-4-16(11-25)24-20-18-15(6-5-14-7-9-27-12-14)10-21-19(18)22-13-23-20/h2,5-7,9-10,12-13,16H,1,3-4,8,11H2,(H2,21,22,23,24)/b6-5+/t16-/m1/s1. The van der Waals surface area contributed by atoms with Crippen LogP contribution in [0.3, 0.4) is 0 Å². The monoisotopic (exact) mass is 363 g/mol. The molecule has 4 rings (SSSR count). The summed E-state index contributed by atoms with van der Waals surface area (Å²) in [6.45, 7) is 4.99. The first-order valence-corrected chi connectivity index (χ1v) is 8.95. The van der Waals surface area contributed by atoms with Gasteiger partial charge in [0.25, 0.3) is 0 Å². The van der Waals surface area contributed by atoms with E-state index in [1.54, 1.807) is 18.9 Å². The van der Waals surface area contributed by atoms with Crippen molar-refractivity contribution in [3.63, 3.8) is 0 Å². The minimum Gasteiger partial charge on any atom is -0.472 e. The topological polar surface area (TPSA) is 87.0 Å². The summed E-state index contributed by atoms with van der Waals surface area (Å²) in [4.78, 5) is 25.7. The van der Waals surface area contributed by atoms with Gasteiger partial charge in [0.2, 0.25) is 5.91 Å². The summed E-state index contributed by atoms with van der Waals surface area (Å²) < 4.78 is 5.10. The molecule has 7 heteroatoms. The highest BCUT2D eigenvalue weighted by Gasteiger charge is 2.23. The number of fused-ring (bicyclic) bond motifs is 1. The predicted octanol–water partition coefficient (Wildman–Crippen LogP) is 3.31. The number of likely N-dealkylation sites (tertiary alicyclic amines) is 1. The zero-order chi connectivity index (χ0) is 18.6. The molecular weight excluding hydrogens is 342 g/mol. The number of furan rings is 1. The van der Waals surface area contributed by atoms with Gasteiger partial charge in [-0.05, 0) is 25.0 Å². The molecule has 1 amide bonds. The Morgan fingerprint density at radius 2 is 2.33 bits per heavy atom. The number of rotatable bonds is 5. The van der Waals surface area contributed by atoms with Crippen molar-refractivity contribution in [3.05, 3.63) is 54.9 Å². The van der Waals surface area contributed by atoms with Gasteiger partial charge in [-0.2, -0.15) is 0 Å². The van der Waals surface area contributed by atoms with Crippen LogP contribution in [0.15, 0.2) is 48.2 Å². The summed E-state index contributed by atoms with van der Waals surface area (Å²) in [5.74, 6) is 0.741. The average molecular weight is 363 g/mol. The first-order chi connectivity index (χ1) is 13.2. The molecule has 3 aromatic rings. The first kappa shape index (κ1) is 17.1. The summed E-state index contributed by atoms with van der Waals surface area (Å²) in [5.41, 5.74) is 2.75. The van der Waals surface area contributed by atoms with E-state index in [0.29, 0.717) is 6.54 Å². The molecule has 3 aromatic heterocycles. The zero-order valence-electron chi connectivity index (χ0n) is 14.9. The highest BCUT2D eigenvalue weighted by molar-refractivity contribution is 5.97. The number of nitrogens with zero attached hydrogens (tertiary/aromatic N) is 3. The summed E-state index contributed by atoms with van der Waals surface area (Å²) in [6.07, 6.45) is 14.1. The maximum Gasteiger partial charge on any atom is 0.246 e. The second kappa shape index (κ2) is 7.49. The molecule has 1 atom stereocenters. The third-order valence-electron chi connectivity index (χ3n) is 4.75. The average Bonchev–Trinajstić information content (AvgIpc) is 3.36. The van der Waals surface area contributed by atoms with E-state index in [2.05, 4.69) is 26.8 Å². The predicted molar refractivity (Wildman–Crippen MR) is 105 cm³/mol. The molecule has 0 spiro atoms. The minimum absolute atomic E-state index is 0.0280. The molecule has 1 saturated heterocycles. The van der Waals surface area contributed by atoms with E-state index in [4.69, 9.17) is 4.42 Å². The van der Waals surface area contributed by atoms with E-state index >= 15 is 0 Å². The number of hydrogen-bond acceptors (Lipinski definition) is 5. The molecule has 1 fully saturated rings. The van der Waals surface area contributed by atoms with Gasteiger partial charge in [0, 0.05) is 36.5 Å². The van der Waals surface area contributed by atoms with Gasteiger partial charge in [0.05, 0.1) is 17.9 Å². The van der Waals surface area contributed by atoms with Crippen molar-refractivity contribution in [3.8, 4) is 0 Å². The van der Waals surface area contributed by atoms with E-state index in [1.165, 1.54) is 6.08 Å². The van der Waals surface area contributed by atoms with Crippen molar-refractivity contribution in [2.75, 3.05) is 18.4 Å². The summed E-state index contributed by atoms with van der Waals surface area (Å²) in [5, 5.41) is 4.44. The molecule has 138 valence electrons. The van der Waals surface area contributed by atoms with E-state index in [9.17, 15) is 4.79 Å². The molecule has 0 bridgehead atoms. The van der Waals surface area contributed by atoms with Crippen LogP contribution in [0.2, 0.25) is 0 Å². The van der Waals surface area contributed by atoms with Crippen LogP contribution in [0.4, 0.5) is 5.82 Å². The Morgan fingerprint density at radius 3 is 3.15 bits per heavy atom. The largest absolute Gasteiger partial charge is 0.472 e. The van der Waals surface area contributed by atoms with Gasteiger partial charge >= 0.3 is 0 Å². The minimum atomic E-state index is -0.0280. The van der Waals surface area contributed by atoms with E-state index in [-0.39, 0.29) is 11.9 Å². The van der Waals surface area contributed by atoms with Gasteiger partial charge in [0.15, 0.2) is 0 Å². The van der Waals surface area contributed by atoms with Crippen LogP contribution in [0, 0.1) is 0 Å². The Kier molecular flexibility index (Phi) is 4.74. The molecule has 0 aromatic carbocycles. The SMILES string of the molecule is C=CC(=O)N1CCC[C@@H](Nc2ncnc3[nH]cc(/C=C/c4ccoc4)c23)C1. The third kappa shape index (κ3) is 3.62. The van der Waals surface area contributed by atoms with E-state index in [0.717, 1.165) is 47.4 Å². The van der Waals surface area contributed by atoms with E-state index in [1.807, 2.05) is 29.3 Å². The summed E-state index contributed by atoms with van der Waals surface area (Å²) in [7, 11) is 0. The lowest BCUT2D eigenvalue weighted by molar-refractivity contribution is -0.127. The number of aromatic amines is 1. The lowest BCUT2D eigenvalue weighted by atomic mass is 10.1. The van der Waals surface area contributed by atoms with Crippen LogP contribution in [-0.4, -0.2) is 44.9 Å². The molecule has 1 aliphatic rings. The molecule has 27 heavy (non-hydrogen) atoms. The summed E-state index contributed by atoms with van der Waals surface area (Å²) >= 11 is 0. The van der Waals surface area contributed by atoms with Gasteiger partial charge in [0.1, 0.15) is 17.8 Å². The quantitative estimate of drug-likeness (QED) is 0.679. The number of anilines is 1. The third-order valence-corrected chi connectivity index (χ3v) is 4.75. The fourth-order valence-corrected chi connectivity index (χ4v) is 3.40. The second-order valence-electron chi connectivity index (χ2n) is 6.55. The van der Waals surface area contributed by atoms with Crippen LogP contribution in [0.1, 0.15) is 24.0 Å². The lowest BCUT2D eigenvalue weighted by Gasteiger charge is -2.32. The number of H-pyrrole nitrogens is 1. The van der Waals surface area contributed by atoms with Crippen LogP contribution in [-0.2, 0) is 4.79 Å². The maximum atomic E-state index is 11.9. The van der Waals surface area contributed by atoms with Crippen LogP contribution in [0.5, 0.6) is 0 Å². The molecule has 2 N–H and O–H groups in total. The van der Waals surface area contributed by atoms with Crippen LogP contribution in [0.25, 0.3) is 23.2 Å². The molecule has 1 aliphatic heterocycles. The highest BCUT2D eigenvalue weighted by Crippen LogP contribution is 2.27. The molecule has 4 heterocycles. The molecule has 0 radical (unpaired) electrons. The van der Waals surface area contributed by atoms with Gasteiger partial charge < -0.3 is 19.6 Å². The van der Waals surface area contributed by atoms with E-state index < -0.39 is 0 Å². The smallest absolute Gasteiger partial charge is 0.246 e. The first-order valence-electron chi connectivity index (χ1n) is 8.95. The van der Waals surface area contributed by atoms with Gasteiger partial charge in [-0.1, -0.05) is 18.7 Å². The Labute approximate surface area is 156 Å². The normalized spacial score (nSPS) is 17.5. The number of piperidine rings is 1. The van der Waals surface area contributed by atoms with Gasteiger partial charge in [-0.25, -0.2) is 9.97 Å². The number of carbonyl (C=O) groups is 1. The molecule has 0 saturated carbocycles. The van der Waals surface area contributed by atoms with Gasteiger partial charge in [-0.15, -0.1) is 0 Å². The number of nitrogens with one attached hydrogen (secondary N) is 2. The second-order valence-corrected chi connectivity index (χ2v) is 6.55. The van der Waals surface area contributed by atoms with Crippen molar-refractivity contribution < 1.29 is 9.21 Å². The Hall–Kier alpha value is -3.35. The number of aromatic nitrogens is 3.